The van der Waals surface area contributed by atoms with Gasteiger partial charge < -0.3 is 10.6 Å². The lowest BCUT2D eigenvalue weighted by molar-refractivity contribution is 0.248. The lowest BCUT2D eigenvalue weighted by atomic mass is 10.1. The number of benzene rings is 1. The molecule has 1 saturated heterocycles. The van der Waals surface area contributed by atoms with Crippen molar-refractivity contribution in [1.29, 1.82) is 0 Å². The van der Waals surface area contributed by atoms with E-state index in [0.717, 1.165) is 36.1 Å². The summed E-state index contributed by atoms with van der Waals surface area (Å²) >= 11 is 6.39. The third-order valence-corrected chi connectivity index (χ3v) is 4.67. The second-order valence-electron chi connectivity index (χ2n) is 6.21. The van der Waals surface area contributed by atoms with Crippen LogP contribution in [0.25, 0.3) is 0 Å². The van der Waals surface area contributed by atoms with E-state index in [-0.39, 0.29) is 6.04 Å². The van der Waals surface area contributed by atoms with Crippen LogP contribution in [0.2, 0.25) is 5.02 Å². The van der Waals surface area contributed by atoms with Gasteiger partial charge in [0, 0.05) is 49.0 Å². The predicted octanol–water partition coefficient (Wildman–Crippen LogP) is 2.51. The Morgan fingerprint density at radius 2 is 1.95 bits per heavy atom. The average molecular weight is 294 g/mol. The van der Waals surface area contributed by atoms with Crippen molar-refractivity contribution in [3.05, 3.63) is 28.8 Å². The van der Waals surface area contributed by atoms with Crippen LogP contribution in [0, 0.1) is 0 Å². The second-order valence-corrected chi connectivity index (χ2v) is 6.62. The van der Waals surface area contributed by atoms with Crippen molar-refractivity contribution in [1.82, 2.24) is 4.90 Å². The van der Waals surface area contributed by atoms with Crippen molar-refractivity contribution in [3.8, 4) is 0 Å². The highest BCUT2D eigenvalue weighted by molar-refractivity contribution is 6.31. The van der Waals surface area contributed by atoms with E-state index in [4.69, 9.17) is 17.3 Å². The van der Waals surface area contributed by atoms with Gasteiger partial charge in [-0.05, 0) is 43.9 Å². The molecule has 1 aromatic rings. The zero-order chi connectivity index (χ0) is 14.1. The molecule has 1 heterocycles. The summed E-state index contributed by atoms with van der Waals surface area (Å²) in [7, 11) is 0. The molecule has 0 bridgehead atoms. The molecule has 1 unspecified atom stereocenters. The number of anilines is 1. The maximum atomic E-state index is 6.39. The summed E-state index contributed by atoms with van der Waals surface area (Å²) < 4.78 is 0. The molecule has 0 radical (unpaired) electrons. The SMILES string of the molecule is CC(N)Cc1ccc(N2CCN(C3CC3)CC2)cc1Cl. The third-order valence-electron chi connectivity index (χ3n) is 4.32. The highest BCUT2D eigenvalue weighted by Crippen LogP contribution is 2.29. The smallest absolute Gasteiger partial charge is 0.0459 e. The molecule has 1 aromatic carbocycles. The van der Waals surface area contributed by atoms with Gasteiger partial charge in [-0.1, -0.05) is 17.7 Å². The normalized spacial score (nSPS) is 22.1. The Labute approximate surface area is 126 Å². The van der Waals surface area contributed by atoms with Gasteiger partial charge in [-0.2, -0.15) is 0 Å². The molecule has 1 aliphatic heterocycles. The van der Waals surface area contributed by atoms with Crippen LogP contribution in [0.1, 0.15) is 25.3 Å². The topological polar surface area (TPSA) is 32.5 Å². The van der Waals surface area contributed by atoms with Gasteiger partial charge in [0.15, 0.2) is 0 Å². The van der Waals surface area contributed by atoms with E-state index in [0.29, 0.717) is 0 Å². The average Bonchev–Trinajstić information content (AvgIpc) is 3.25. The van der Waals surface area contributed by atoms with Crippen LogP contribution in [0.3, 0.4) is 0 Å². The van der Waals surface area contributed by atoms with Crippen molar-refractivity contribution < 1.29 is 0 Å². The highest BCUT2D eigenvalue weighted by Gasteiger charge is 2.31. The van der Waals surface area contributed by atoms with E-state index < -0.39 is 0 Å². The molecular weight excluding hydrogens is 270 g/mol. The molecule has 0 aromatic heterocycles. The van der Waals surface area contributed by atoms with Crippen LogP contribution < -0.4 is 10.6 Å². The first-order valence-corrected chi connectivity index (χ1v) is 8.04. The molecule has 1 atom stereocenters. The van der Waals surface area contributed by atoms with Gasteiger partial charge in [0.05, 0.1) is 0 Å². The van der Waals surface area contributed by atoms with E-state index >= 15 is 0 Å². The van der Waals surface area contributed by atoms with Crippen LogP contribution in [0.5, 0.6) is 0 Å². The van der Waals surface area contributed by atoms with Crippen LogP contribution in [-0.4, -0.2) is 43.2 Å². The van der Waals surface area contributed by atoms with Crippen molar-refractivity contribution in [2.45, 2.75) is 38.3 Å². The Balaban J connectivity index is 1.63. The monoisotopic (exact) mass is 293 g/mol. The first-order chi connectivity index (χ1) is 9.63. The number of hydrogen-bond donors (Lipinski definition) is 1. The van der Waals surface area contributed by atoms with Gasteiger partial charge in [-0.15, -0.1) is 0 Å². The Bertz CT molecular complexity index is 463. The Morgan fingerprint density at radius 1 is 1.25 bits per heavy atom. The summed E-state index contributed by atoms with van der Waals surface area (Å²) in [5.41, 5.74) is 8.25. The highest BCUT2D eigenvalue weighted by atomic mass is 35.5. The minimum atomic E-state index is 0.153. The quantitative estimate of drug-likeness (QED) is 0.926. The Kier molecular flexibility index (Phi) is 4.20. The predicted molar refractivity (Wildman–Crippen MR) is 85.6 cm³/mol. The fourth-order valence-electron chi connectivity index (χ4n) is 3.03. The summed E-state index contributed by atoms with van der Waals surface area (Å²) in [6, 6.07) is 7.46. The zero-order valence-corrected chi connectivity index (χ0v) is 12.9. The molecule has 0 amide bonds. The molecule has 2 aliphatic rings. The van der Waals surface area contributed by atoms with Crippen LogP contribution in [0.4, 0.5) is 5.69 Å². The van der Waals surface area contributed by atoms with Gasteiger partial charge in [-0.3, -0.25) is 4.90 Å². The lowest BCUT2D eigenvalue weighted by Gasteiger charge is -2.36. The van der Waals surface area contributed by atoms with Gasteiger partial charge in [0.2, 0.25) is 0 Å². The number of piperazine rings is 1. The summed E-state index contributed by atoms with van der Waals surface area (Å²) in [5.74, 6) is 0. The lowest BCUT2D eigenvalue weighted by Crippen LogP contribution is -2.47. The van der Waals surface area contributed by atoms with E-state index in [9.17, 15) is 0 Å². The minimum Gasteiger partial charge on any atom is -0.369 e. The number of nitrogens with zero attached hydrogens (tertiary/aromatic N) is 2. The summed E-state index contributed by atoms with van der Waals surface area (Å²) in [4.78, 5) is 5.07. The molecule has 4 heteroatoms. The van der Waals surface area contributed by atoms with Crippen molar-refractivity contribution >= 4 is 17.3 Å². The van der Waals surface area contributed by atoms with Gasteiger partial charge in [0.1, 0.15) is 0 Å². The maximum absolute atomic E-state index is 6.39. The van der Waals surface area contributed by atoms with Crippen LogP contribution >= 0.6 is 11.6 Å². The summed E-state index contributed by atoms with van der Waals surface area (Å²) in [6.07, 6.45) is 3.64. The van der Waals surface area contributed by atoms with Crippen LogP contribution in [-0.2, 0) is 6.42 Å². The molecule has 20 heavy (non-hydrogen) atoms. The second kappa shape index (κ2) is 5.92. The molecular formula is C16H24ClN3. The number of rotatable bonds is 4. The van der Waals surface area contributed by atoms with E-state index in [1.165, 1.54) is 31.6 Å². The van der Waals surface area contributed by atoms with Crippen molar-refractivity contribution in [2.75, 3.05) is 31.1 Å². The summed E-state index contributed by atoms with van der Waals surface area (Å²) in [5, 5.41) is 0.851. The molecule has 3 nitrogen and oxygen atoms in total. The van der Waals surface area contributed by atoms with Crippen molar-refractivity contribution in [3.63, 3.8) is 0 Å². The first-order valence-electron chi connectivity index (χ1n) is 7.66. The molecule has 2 fully saturated rings. The maximum Gasteiger partial charge on any atom is 0.0459 e. The molecule has 110 valence electrons. The van der Waals surface area contributed by atoms with Crippen molar-refractivity contribution in [2.24, 2.45) is 5.73 Å². The standard InChI is InChI=1S/C16H24ClN3/c1-12(18)10-13-2-3-15(11-16(13)17)20-8-6-19(7-9-20)14-4-5-14/h2-3,11-12,14H,4-10,18H2,1H3. The fourth-order valence-corrected chi connectivity index (χ4v) is 3.28. The molecule has 1 saturated carbocycles. The Hall–Kier alpha value is -0.770. The fraction of sp³-hybridized carbons (Fsp3) is 0.625. The van der Waals surface area contributed by atoms with E-state index in [2.05, 4.69) is 28.0 Å². The first kappa shape index (κ1) is 14.2. The molecule has 0 spiro atoms. The van der Waals surface area contributed by atoms with Gasteiger partial charge >= 0.3 is 0 Å². The zero-order valence-electron chi connectivity index (χ0n) is 12.2. The Morgan fingerprint density at radius 3 is 2.50 bits per heavy atom. The minimum absolute atomic E-state index is 0.153. The molecule has 3 rings (SSSR count). The molecule has 1 aliphatic carbocycles. The van der Waals surface area contributed by atoms with E-state index in [1.807, 2.05) is 6.92 Å². The number of nitrogens with two attached hydrogens (primary N) is 1. The van der Waals surface area contributed by atoms with Crippen LogP contribution in [0.15, 0.2) is 18.2 Å². The van der Waals surface area contributed by atoms with Gasteiger partial charge in [-0.25, -0.2) is 0 Å². The summed E-state index contributed by atoms with van der Waals surface area (Å²) in [6.45, 7) is 6.61. The number of hydrogen-bond acceptors (Lipinski definition) is 3. The molecule has 2 N–H and O–H groups in total. The number of halogens is 1. The third kappa shape index (κ3) is 3.27. The largest absolute Gasteiger partial charge is 0.369 e. The van der Waals surface area contributed by atoms with Gasteiger partial charge in [0.25, 0.3) is 0 Å². The van der Waals surface area contributed by atoms with E-state index in [1.54, 1.807) is 0 Å².